The van der Waals surface area contributed by atoms with Gasteiger partial charge in [-0.3, -0.25) is 0 Å². The van der Waals surface area contributed by atoms with Crippen LogP contribution in [0.3, 0.4) is 0 Å². The van der Waals surface area contributed by atoms with Crippen molar-refractivity contribution in [3.63, 3.8) is 0 Å². The van der Waals surface area contributed by atoms with Crippen LogP contribution in [-0.4, -0.2) is 53.0 Å². The number of hydrogen-bond acceptors (Lipinski definition) is 3. The van der Waals surface area contributed by atoms with Gasteiger partial charge in [0.25, 0.3) is 0 Å². The Hall–Kier alpha value is 0.314. The van der Waals surface area contributed by atoms with E-state index in [9.17, 15) is 0 Å². The van der Waals surface area contributed by atoms with Crippen LogP contribution in [0.5, 0.6) is 0 Å². The first kappa shape index (κ1) is 17.3. The highest BCUT2D eigenvalue weighted by molar-refractivity contribution is 6.47. The van der Waals surface area contributed by atoms with Crippen molar-refractivity contribution >= 4 is 19.7 Å². The molecule has 0 atom stereocenters. The van der Waals surface area contributed by atoms with Crippen molar-refractivity contribution in [2.24, 2.45) is 0 Å². The zero-order chi connectivity index (χ0) is 13.6. The molecule has 0 unspecified atom stereocenters. The van der Waals surface area contributed by atoms with Gasteiger partial charge in [0.05, 0.1) is 0 Å². The first-order valence-electron chi connectivity index (χ1n) is 6.99. The number of hydrogen-bond donors (Lipinski definition) is 1. The maximum absolute atomic E-state index is 3.84. The third kappa shape index (κ3) is 6.71. The third-order valence-electron chi connectivity index (χ3n) is 3.24. The second-order valence-corrected chi connectivity index (χ2v) is 10.1. The third-order valence-corrected chi connectivity index (χ3v) is 8.68. The maximum Gasteiger partial charge on any atom is 0.164 e. The molecule has 0 saturated carbocycles. The molecule has 17 heavy (non-hydrogen) atoms. The summed E-state index contributed by atoms with van der Waals surface area (Å²) >= 11 is 0. The molecule has 0 amide bonds. The molecule has 104 valence electrons. The van der Waals surface area contributed by atoms with Crippen LogP contribution in [0.1, 0.15) is 55.4 Å². The van der Waals surface area contributed by atoms with Gasteiger partial charge in [0.2, 0.25) is 0 Å². The number of nitrogens with one attached hydrogen (secondary N) is 1. The van der Waals surface area contributed by atoms with Gasteiger partial charge < -0.3 is 13.8 Å². The standard InChI is InChI=1S/C12H33N3Si2/c1-9(2)14(10(3)4)16-13-17-15(11(5)6)12(7)8/h9-13H,16-17H2,1-8H3. The van der Waals surface area contributed by atoms with E-state index in [1.807, 2.05) is 0 Å². The normalized spacial score (nSPS) is 14.5. The number of rotatable bonds is 8. The van der Waals surface area contributed by atoms with E-state index in [1.54, 1.807) is 0 Å². The van der Waals surface area contributed by atoms with Gasteiger partial charge in [-0.2, -0.15) is 0 Å². The minimum atomic E-state index is -0.273. The zero-order valence-corrected chi connectivity index (χ0v) is 15.9. The lowest BCUT2D eigenvalue weighted by molar-refractivity contribution is 0.301. The summed E-state index contributed by atoms with van der Waals surface area (Å²) in [4.78, 5) is 0. The van der Waals surface area contributed by atoms with Crippen LogP contribution in [0.25, 0.3) is 0 Å². The van der Waals surface area contributed by atoms with Crippen LogP contribution in [0.4, 0.5) is 0 Å². The fourth-order valence-electron chi connectivity index (χ4n) is 2.23. The molecule has 0 heterocycles. The van der Waals surface area contributed by atoms with E-state index in [2.05, 4.69) is 69.2 Å². The zero-order valence-electron chi connectivity index (χ0n) is 13.1. The van der Waals surface area contributed by atoms with Gasteiger partial charge in [-0.05, 0) is 24.2 Å². The lowest BCUT2D eigenvalue weighted by Crippen LogP contribution is -2.53. The van der Waals surface area contributed by atoms with Gasteiger partial charge >= 0.3 is 0 Å². The minimum Gasteiger partial charge on any atom is -0.345 e. The fourth-order valence-corrected chi connectivity index (χ4v) is 6.16. The molecule has 0 rings (SSSR count). The van der Waals surface area contributed by atoms with Crippen LogP contribution in [-0.2, 0) is 0 Å². The van der Waals surface area contributed by atoms with E-state index in [-0.39, 0.29) is 19.7 Å². The Bertz CT molecular complexity index is 160. The van der Waals surface area contributed by atoms with E-state index >= 15 is 0 Å². The lowest BCUT2D eigenvalue weighted by Gasteiger charge is -2.34. The lowest BCUT2D eigenvalue weighted by atomic mass is 10.3. The Morgan fingerprint density at radius 2 is 0.824 bits per heavy atom. The van der Waals surface area contributed by atoms with Crippen molar-refractivity contribution in [2.45, 2.75) is 79.6 Å². The topological polar surface area (TPSA) is 18.5 Å². The van der Waals surface area contributed by atoms with Gasteiger partial charge in [-0.1, -0.05) is 55.4 Å². The van der Waals surface area contributed by atoms with Crippen molar-refractivity contribution in [1.82, 2.24) is 13.8 Å². The van der Waals surface area contributed by atoms with Gasteiger partial charge in [0.15, 0.2) is 19.7 Å². The highest BCUT2D eigenvalue weighted by atomic mass is 28.3. The van der Waals surface area contributed by atoms with Crippen LogP contribution in [0, 0.1) is 0 Å². The SMILES string of the molecule is CC(C)N([SiH2]N[SiH2]N(C(C)C)C(C)C)C(C)C. The van der Waals surface area contributed by atoms with E-state index in [1.165, 1.54) is 0 Å². The first-order valence-corrected chi connectivity index (χ1v) is 9.67. The second kappa shape index (κ2) is 8.42. The van der Waals surface area contributed by atoms with Crippen LogP contribution < -0.4 is 4.65 Å². The van der Waals surface area contributed by atoms with Crippen molar-refractivity contribution in [3.8, 4) is 0 Å². The molecule has 0 bridgehead atoms. The second-order valence-electron chi connectivity index (χ2n) is 5.97. The van der Waals surface area contributed by atoms with Crippen LogP contribution >= 0.6 is 0 Å². The van der Waals surface area contributed by atoms with Gasteiger partial charge in [0, 0.05) is 0 Å². The van der Waals surface area contributed by atoms with E-state index in [0.717, 1.165) is 0 Å². The van der Waals surface area contributed by atoms with E-state index in [0.29, 0.717) is 24.2 Å². The molecule has 0 spiro atoms. The molecular formula is C12H33N3Si2. The molecule has 0 aromatic rings. The predicted octanol–water partition coefficient (Wildman–Crippen LogP) is 0.811. The molecule has 0 aromatic heterocycles. The van der Waals surface area contributed by atoms with E-state index < -0.39 is 0 Å². The molecule has 0 radical (unpaired) electrons. The van der Waals surface area contributed by atoms with E-state index in [4.69, 9.17) is 0 Å². The molecular weight excluding hydrogens is 242 g/mol. The van der Waals surface area contributed by atoms with Crippen LogP contribution in [0.2, 0.25) is 0 Å². The minimum absolute atomic E-state index is 0.273. The Kier molecular flexibility index (Phi) is 8.58. The van der Waals surface area contributed by atoms with Crippen molar-refractivity contribution < 1.29 is 0 Å². The van der Waals surface area contributed by atoms with Gasteiger partial charge in [-0.15, -0.1) is 0 Å². The quantitative estimate of drug-likeness (QED) is 0.662. The molecule has 0 aromatic carbocycles. The molecule has 0 aliphatic carbocycles. The summed E-state index contributed by atoms with van der Waals surface area (Å²) in [5.74, 6) is 0. The Morgan fingerprint density at radius 3 is 1.00 bits per heavy atom. The molecule has 5 heteroatoms. The summed E-state index contributed by atoms with van der Waals surface area (Å²) in [7, 11) is -0.546. The Labute approximate surface area is 113 Å². The van der Waals surface area contributed by atoms with Crippen LogP contribution in [0.15, 0.2) is 0 Å². The van der Waals surface area contributed by atoms with Gasteiger partial charge in [0.1, 0.15) is 0 Å². The Morgan fingerprint density at radius 1 is 0.588 bits per heavy atom. The fraction of sp³-hybridized carbons (Fsp3) is 1.00. The van der Waals surface area contributed by atoms with Crippen molar-refractivity contribution in [2.75, 3.05) is 0 Å². The first-order chi connectivity index (χ1) is 7.77. The Balaban J connectivity index is 4.10. The molecule has 0 aliphatic rings. The highest BCUT2D eigenvalue weighted by Gasteiger charge is 2.16. The summed E-state index contributed by atoms with van der Waals surface area (Å²) in [6.07, 6.45) is 0. The highest BCUT2D eigenvalue weighted by Crippen LogP contribution is 2.03. The largest absolute Gasteiger partial charge is 0.345 e. The molecule has 0 fully saturated rings. The van der Waals surface area contributed by atoms with Gasteiger partial charge in [-0.25, -0.2) is 0 Å². The summed E-state index contributed by atoms with van der Waals surface area (Å²) < 4.78 is 9.13. The van der Waals surface area contributed by atoms with Crippen molar-refractivity contribution in [3.05, 3.63) is 0 Å². The summed E-state index contributed by atoms with van der Waals surface area (Å²) in [6, 6.07) is 2.70. The monoisotopic (exact) mass is 275 g/mol. The predicted molar refractivity (Wildman–Crippen MR) is 84.4 cm³/mol. The maximum atomic E-state index is 3.84. The summed E-state index contributed by atoms with van der Waals surface area (Å²) in [5, 5.41) is 0. The van der Waals surface area contributed by atoms with Crippen molar-refractivity contribution in [1.29, 1.82) is 0 Å². The molecule has 3 nitrogen and oxygen atoms in total. The summed E-state index contributed by atoms with van der Waals surface area (Å²) in [6.45, 7) is 18.4. The summed E-state index contributed by atoms with van der Waals surface area (Å²) in [5.41, 5.74) is 0. The smallest absolute Gasteiger partial charge is 0.164 e. The molecule has 0 saturated heterocycles. The molecule has 0 aliphatic heterocycles. The average Bonchev–Trinajstić information content (AvgIpc) is 2.14. The molecule has 1 N–H and O–H groups in total. The number of nitrogens with zero attached hydrogens (tertiary/aromatic N) is 2. The average molecular weight is 276 g/mol.